The molecular weight excluding hydrogens is 344 g/mol. The van der Waals surface area contributed by atoms with Crippen LogP contribution in [0.3, 0.4) is 0 Å². The van der Waals surface area contributed by atoms with Gasteiger partial charge in [-0.25, -0.2) is 4.79 Å². The van der Waals surface area contributed by atoms with Gasteiger partial charge in [0, 0.05) is 17.3 Å². The normalized spacial score (nSPS) is 11.4. The number of phenolic OH excluding ortho intramolecular Hbond substituents is 1. The molecule has 0 spiro atoms. The fraction of sp³-hybridized carbons (Fsp3) is 0.238. The second-order valence-electron chi connectivity index (χ2n) is 5.67. The minimum Gasteiger partial charge on any atom is -0.508 e. The summed E-state index contributed by atoms with van der Waals surface area (Å²) in [7, 11) is 0. The maximum Gasteiger partial charge on any atom is 0.335 e. The number of rotatable bonds is 8. The molecule has 2 aromatic rings. The number of aliphatic imine (C=N–C) groups is 1. The van der Waals surface area contributed by atoms with Crippen LogP contribution in [0.4, 0.5) is 11.4 Å². The molecule has 0 unspecified atom stereocenters. The summed E-state index contributed by atoms with van der Waals surface area (Å²) in [4.78, 5) is 16.4. The standard InChI is InChI=1S/C21H24N2O4/c1-5-26-17-10-11-19(22-4)18(13-17)20(14(3)21(25)27-6-2)23-15-8-7-9-16(24)12-15/h7-13,23-24H,4-6H2,1-3H3/b20-14-. The number of anilines is 1. The molecule has 0 saturated heterocycles. The van der Waals surface area contributed by atoms with Crippen LogP contribution in [0.15, 0.2) is 53.0 Å². The van der Waals surface area contributed by atoms with Crippen molar-refractivity contribution < 1.29 is 19.4 Å². The van der Waals surface area contributed by atoms with Crippen LogP contribution in [-0.4, -0.2) is 31.0 Å². The van der Waals surface area contributed by atoms with Crippen LogP contribution >= 0.6 is 0 Å². The third-order valence-electron chi connectivity index (χ3n) is 3.79. The van der Waals surface area contributed by atoms with Crippen molar-refractivity contribution in [1.29, 1.82) is 0 Å². The summed E-state index contributed by atoms with van der Waals surface area (Å²) in [5.41, 5.74) is 2.72. The Morgan fingerprint density at radius 3 is 2.59 bits per heavy atom. The van der Waals surface area contributed by atoms with Crippen LogP contribution in [0.25, 0.3) is 5.70 Å². The number of hydrogen-bond donors (Lipinski definition) is 2. The van der Waals surface area contributed by atoms with E-state index in [-0.39, 0.29) is 12.4 Å². The van der Waals surface area contributed by atoms with Gasteiger partial charge in [-0.1, -0.05) is 6.07 Å². The number of carbonyl (C=O) groups excluding carboxylic acids is 1. The second kappa shape index (κ2) is 9.43. The summed E-state index contributed by atoms with van der Waals surface area (Å²) in [5, 5.41) is 12.9. The Morgan fingerprint density at radius 1 is 1.19 bits per heavy atom. The van der Waals surface area contributed by atoms with Crippen molar-refractivity contribution in [3.05, 3.63) is 53.6 Å². The van der Waals surface area contributed by atoms with Gasteiger partial charge in [-0.15, -0.1) is 0 Å². The lowest BCUT2D eigenvalue weighted by molar-refractivity contribution is -0.138. The molecule has 0 aliphatic heterocycles. The number of hydrogen-bond acceptors (Lipinski definition) is 6. The zero-order valence-corrected chi connectivity index (χ0v) is 15.8. The van der Waals surface area contributed by atoms with Crippen LogP contribution in [0.5, 0.6) is 11.5 Å². The lowest BCUT2D eigenvalue weighted by Crippen LogP contribution is -2.12. The lowest BCUT2D eigenvalue weighted by atomic mass is 10.0. The average molecular weight is 368 g/mol. The Bertz CT molecular complexity index is 859. The van der Waals surface area contributed by atoms with Gasteiger partial charge in [0.05, 0.1) is 30.2 Å². The first-order valence-electron chi connectivity index (χ1n) is 8.68. The fourth-order valence-corrected chi connectivity index (χ4v) is 2.54. The Labute approximate surface area is 159 Å². The largest absolute Gasteiger partial charge is 0.508 e. The molecule has 0 aliphatic rings. The van der Waals surface area contributed by atoms with Gasteiger partial charge in [0.25, 0.3) is 0 Å². The first-order valence-corrected chi connectivity index (χ1v) is 8.68. The number of nitrogens with one attached hydrogen (secondary N) is 1. The molecular formula is C21H24N2O4. The average Bonchev–Trinajstić information content (AvgIpc) is 2.66. The van der Waals surface area contributed by atoms with Gasteiger partial charge in [-0.2, -0.15) is 0 Å². The summed E-state index contributed by atoms with van der Waals surface area (Å²) in [6, 6.07) is 12.0. The van der Waals surface area contributed by atoms with Crippen molar-refractivity contribution in [3.63, 3.8) is 0 Å². The van der Waals surface area contributed by atoms with Crippen LogP contribution < -0.4 is 10.1 Å². The number of benzene rings is 2. The Kier molecular flexibility index (Phi) is 7.00. The molecule has 6 nitrogen and oxygen atoms in total. The van der Waals surface area contributed by atoms with E-state index in [2.05, 4.69) is 17.0 Å². The predicted molar refractivity (Wildman–Crippen MR) is 108 cm³/mol. The molecule has 0 radical (unpaired) electrons. The molecule has 2 aromatic carbocycles. The zero-order chi connectivity index (χ0) is 19.8. The van der Waals surface area contributed by atoms with Gasteiger partial charge in [-0.3, -0.25) is 4.99 Å². The minimum absolute atomic E-state index is 0.110. The highest BCUT2D eigenvalue weighted by Crippen LogP contribution is 2.33. The van der Waals surface area contributed by atoms with Crippen molar-refractivity contribution in [2.24, 2.45) is 4.99 Å². The van der Waals surface area contributed by atoms with Gasteiger partial charge in [0.15, 0.2) is 0 Å². The fourth-order valence-electron chi connectivity index (χ4n) is 2.54. The molecule has 2 N–H and O–H groups in total. The van der Waals surface area contributed by atoms with E-state index in [1.807, 2.05) is 6.92 Å². The van der Waals surface area contributed by atoms with Crippen molar-refractivity contribution in [2.75, 3.05) is 18.5 Å². The molecule has 0 bridgehead atoms. The predicted octanol–water partition coefficient (Wildman–Crippen LogP) is 4.53. The van der Waals surface area contributed by atoms with Gasteiger partial charge < -0.3 is 19.9 Å². The third-order valence-corrected chi connectivity index (χ3v) is 3.79. The van der Waals surface area contributed by atoms with E-state index in [9.17, 15) is 9.90 Å². The van der Waals surface area contributed by atoms with Crippen molar-refractivity contribution in [2.45, 2.75) is 20.8 Å². The minimum atomic E-state index is -0.447. The molecule has 0 fully saturated rings. The maximum atomic E-state index is 12.4. The summed E-state index contributed by atoms with van der Waals surface area (Å²) in [5.74, 6) is 0.307. The highest BCUT2D eigenvalue weighted by Gasteiger charge is 2.18. The number of phenols is 1. The van der Waals surface area contributed by atoms with Crippen molar-refractivity contribution in [3.8, 4) is 11.5 Å². The van der Waals surface area contributed by atoms with E-state index in [0.717, 1.165) is 0 Å². The van der Waals surface area contributed by atoms with Crippen LogP contribution in [-0.2, 0) is 9.53 Å². The molecule has 0 heterocycles. The second-order valence-corrected chi connectivity index (χ2v) is 5.67. The van der Waals surface area contributed by atoms with E-state index < -0.39 is 5.97 Å². The van der Waals surface area contributed by atoms with Crippen LogP contribution in [0, 0.1) is 0 Å². The summed E-state index contributed by atoms with van der Waals surface area (Å²) in [6.45, 7) is 9.70. The number of esters is 1. The number of aromatic hydroxyl groups is 1. The summed E-state index contributed by atoms with van der Waals surface area (Å²) >= 11 is 0. The summed E-state index contributed by atoms with van der Waals surface area (Å²) < 4.78 is 10.7. The smallest absolute Gasteiger partial charge is 0.335 e. The van der Waals surface area contributed by atoms with E-state index in [1.54, 1.807) is 56.3 Å². The molecule has 6 heteroatoms. The Hall–Kier alpha value is -3.28. The van der Waals surface area contributed by atoms with Gasteiger partial charge in [-0.05, 0) is 57.8 Å². The lowest BCUT2D eigenvalue weighted by Gasteiger charge is -2.18. The van der Waals surface area contributed by atoms with Crippen molar-refractivity contribution in [1.82, 2.24) is 0 Å². The monoisotopic (exact) mass is 368 g/mol. The van der Waals surface area contributed by atoms with E-state index in [1.165, 1.54) is 0 Å². The van der Waals surface area contributed by atoms with Crippen LogP contribution in [0.2, 0.25) is 0 Å². The Morgan fingerprint density at radius 2 is 1.96 bits per heavy atom. The molecule has 0 aliphatic carbocycles. The summed E-state index contributed by atoms with van der Waals surface area (Å²) in [6.07, 6.45) is 0. The first kappa shape index (κ1) is 20.0. The molecule has 142 valence electrons. The maximum absolute atomic E-state index is 12.4. The van der Waals surface area contributed by atoms with Gasteiger partial charge >= 0.3 is 5.97 Å². The van der Waals surface area contributed by atoms with Gasteiger partial charge in [0.1, 0.15) is 11.5 Å². The SMILES string of the molecule is C=Nc1ccc(OCC)cc1/C(Nc1cccc(O)c1)=C(\C)C(=O)OCC. The molecule has 2 rings (SSSR count). The van der Waals surface area contributed by atoms with Crippen LogP contribution in [0.1, 0.15) is 26.3 Å². The van der Waals surface area contributed by atoms with E-state index in [4.69, 9.17) is 9.47 Å². The quantitative estimate of drug-likeness (QED) is 0.406. The van der Waals surface area contributed by atoms with Gasteiger partial charge in [0.2, 0.25) is 0 Å². The molecule has 0 aromatic heterocycles. The Balaban J connectivity index is 2.61. The number of carbonyl (C=O) groups is 1. The highest BCUT2D eigenvalue weighted by molar-refractivity contribution is 6.01. The van der Waals surface area contributed by atoms with E-state index >= 15 is 0 Å². The first-order chi connectivity index (χ1) is 13.0. The van der Waals surface area contributed by atoms with E-state index in [0.29, 0.717) is 40.6 Å². The topological polar surface area (TPSA) is 80.1 Å². The molecule has 0 atom stereocenters. The zero-order valence-electron chi connectivity index (χ0n) is 15.8. The molecule has 0 amide bonds. The third kappa shape index (κ3) is 5.10. The number of ether oxygens (including phenoxy) is 2. The highest BCUT2D eigenvalue weighted by atomic mass is 16.5. The molecule has 27 heavy (non-hydrogen) atoms. The molecule has 0 saturated carbocycles. The van der Waals surface area contributed by atoms with Crippen molar-refractivity contribution >= 4 is 29.8 Å². The number of nitrogens with zero attached hydrogens (tertiary/aromatic N) is 1.